The Labute approximate surface area is 127 Å². The zero-order valence-electron chi connectivity index (χ0n) is 11.9. The first-order valence-corrected chi connectivity index (χ1v) is 7.40. The number of thioether (sulfide) groups is 1. The minimum atomic E-state index is -0.380. The third-order valence-electron chi connectivity index (χ3n) is 2.98. The molecular formula is C16H16FNO2S. The molecule has 21 heavy (non-hydrogen) atoms. The molecule has 2 aromatic rings. The van der Waals surface area contributed by atoms with E-state index in [1.807, 2.05) is 24.3 Å². The van der Waals surface area contributed by atoms with Crippen LogP contribution in [0, 0.1) is 5.82 Å². The number of nitrogens with one attached hydrogen (secondary N) is 1. The fraction of sp³-hybridized carbons (Fsp3) is 0.188. The number of methoxy groups -OCH3 is 1. The minimum absolute atomic E-state index is 0.285. The maximum Gasteiger partial charge on any atom is 0.252 e. The fourth-order valence-corrected chi connectivity index (χ4v) is 2.87. The van der Waals surface area contributed by atoms with Crippen molar-refractivity contribution in [3.8, 4) is 5.75 Å². The molecule has 0 aliphatic carbocycles. The van der Waals surface area contributed by atoms with Gasteiger partial charge in [0.2, 0.25) is 0 Å². The molecule has 0 aliphatic rings. The van der Waals surface area contributed by atoms with Gasteiger partial charge in [-0.05, 0) is 29.8 Å². The molecule has 2 aromatic carbocycles. The number of benzene rings is 2. The highest BCUT2D eigenvalue weighted by Crippen LogP contribution is 2.29. The Kier molecular flexibility index (Phi) is 5.22. The molecule has 0 saturated carbocycles. The zero-order chi connectivity index (χ0) is 15.2. The summed E-state index contributed by atoms with van der Waals surface area (Å²) in [4.78, 5) is 12.1. The topological polar surface area (TPSA) is 38.3 Å². The number of hydrogen-bond acceptors (Lipinski definition) is 3. The number of carbonyl (C=O) groups excluding carboxylic acids is 1. The number of hydrogen-bond donors (Lipinski definition) is 1. The molecule has 1 amide bonds. The highest BCUT2D eigenvalue weighted by Gasteiger charge is 2.14. The van der Waals surface area contributed by atoms with Gasteiger partial charge in [0.05, 0.1) is 17.6 Å². The number of rotatable bonds is 5. The minimum Gasteiger partial charge on any atom is -0.497 e. The van der Waals surface area contributed by atoms with E-state index < -0.39 is 0 Å². The summed E-state index contributed by atoms with van der Waals surface area (Å²) in [7, 11) is 3.14. The largest absolute Gasteiger partial charge is 0.497 e. The van der Waals surface area contributed by atoms with Crippen LogP contribution in [-0.2, 0) is 5.75 Å². The van der Waals surface area contributed by atoms with Crippen LogP contribution in [-0.4, -0.2) is 20.1 Å². The van der Waals surface area contributed by atoms with Gasteiger partial charge in [0.15, 0.2) is 0 Å². The van der Waals surface area contributed by atoms with Crippen molar-refractivity contribution in [2.75, 3.05) is 14.2 Å². The van der Waals surface area contributed by atoms with Crippen LogP contribution in [0.2, 0.25) is 0 Å². The second kappa shape index (κ2) is 7.13. The van der Waals surface area contributed by atoms with Gasteiger partial charge in [-0.2, -0.15) is 0 Å². The normalized spacial score (nSPS) is 10.2. The molecule has 110 valence electrons. The van der Waals surface area contributed by atoms with Gasteiger partial charge >= 0.3 is 0 Å². The molecule has 0 saturated heterocycles. The Morgan fingerprint density at radius 3 is 2.57 bits per heavy atom. The monoisotopic (exact) mass is 305 g/mol. The van der Waals surface area contributed by atoms with Crippen LogP contribution in [0.15, 0.2) is 47.4 Å². The zero-order valence-corrected chi connectivity index (χ0v) is 12.7. The molecule has 2 rings (SSSR count). The predicted octanol–water partition coefficient (Wildman–Crippen LogP) is 3.49. The van der Waals surface area contributed by atoms with Gasteiger partial charge in [0.25, 0.3) is 5.91 Å². The molecule has 0 radical (unpaired) electrons. The van der Waals surface area contributed by atoms with Crippen LogP contribution < -0.4 is 10.1 Å². The van der Waals surface area contributed by atoms with Crippen molar-refractivity contribution in [3.63, 3.8) is 0 Å². The molecule has 0 heterocycles. The van der Waals surface area contributed by atoms with Crippen molar-refractivity contribution in [1.82, 2.24) is 5.32 Å². The van der Waals surface area contributed by atoms with Crippen LogP contribution in [0.1, 0.15) is 15.9 Å². The summed E-state index contributed by atoms with van der Waals surface area (Å²) in [5.74, 6) is 0.691. The molecule has 0 bridgehead atoms. The maximum absolute atomic E-state index is 13.9. The number of ether oxygens (including phenoxy) is 1. The van der Waals surface area contributed by atoms with Gasteiger partial charge in [-0.25, -0.2) is 4.39 Å². The van der Waals surface area contributed by atoms with Crippen molar-refractivity contribution in [2.24, 2.45) is 0 Å². The predicted molar refractivity (Wildman–Crippen MR) is 82.3 cm³/mol. The Hall–Kier alpha value is -2.01. The lowest BCUT2D eigenvalue weighted by atomic mass is 10.2. The van der Waals surface area contributed by atoms with Crippen molar-refractivity contribution in [2.45, 2.75) is 10.6 Å². The molecule has 5 heteroatoms. The van der Waals surface area contributed by atoms with Crippen molar-refractivity contribution in [3.05, 3.63) is 59.4 Å². The average molecular weight is 305 g/mol. The summed E-state index contributed by atoms with van der Waals surface area (Å²) < 4.78 is 19.0. The molecule has 0 aromatic heterocycles. The molecule has 3 nitrogen and oxygen atoms in total. The van der Waals surface area contributed by atoms with Gasteiger partial charge in [-0.1, -0.05) is 18.2 Å². The van der Waals surface area contributed by atoms with E-state index in [9.17, 15) is 9.18 Å². The lowest BCUT2D eigenvalue weighted by molar-refractivity contribution is 0.0959. The first kappa shape index (κ1) is 15.4. The van der Waals surface area contributed by atoms with Crippen LogP contribution in [0.3, 0.4) is 0 Å². The van der Waals surface area contributed by atoms with E-state index in [1.54, 1.807) is 13.2 Å². The summed E-state index contributed by atoms with van der Waals surface area (Å²) in [5.41, 5.74) is 1.39. The molecule has 0 aliphatic heterocycles. The first-order chi connectivity index (χ1) is 10.2. The smallest absolute Gasteiger partial charge is 0.252 e. The maximum atomic E-state index is 13.9. The molecule has 0 unspecified atom stereocenters. The van der Waals surface area contributed by atoms with E-state index >= 15 is 0 Å². The SMILES string of the molecule is CNC(=O)c1cccc(F)c1SCc1ccc(OC)cc1. The Balaban J connectivity index is 2.17. The quantitative estimate of drug-likeness (QED) is 0.859. The van der Waals surface area contributed by atoms with Crippen molar-refractivity contribution in [1.29, 1.82) is 0 Å². The summed E-state index contributed by atoms with van der Waals surface area (Å²) in [6.07, 6.45) is 0. The van der Waals surface area contributed by atoms with E-state index in [2.05, 4.69) is 5.32 Å². The summed E-state index contributed by atoms with van der Waals surface area (Å²) in [5, 5.41) is 2.53. The molecule has 1 N–H and O–H groups in total. The molecule has 0 fully saturated rings. The molecule has 0 atom stereocenters. The van der Waals surface area contributed by atoms with Crippen LogP contribution in [0.25, 0.3) is 0 Å². The summed E-state index contributed by atoms with van der Waals surface area (Å²) in [6.45, 7) is 0. The first-order valence-electron chi connectivity index (χ1n) is 6.42. The highest BCUT2D eigenvalue weighted by atomic mass is 32.2. The standard InChI is InChI=1S/C16H16FNO2S/c1-18-16(19)13-4-3-5-14(17)15(13)21-10-11-6-8-12(20-2)9-7-11/h3-9H,10H2,1-2H3,(H,18,19). The second-order valence-electron chi connectivity index (χ2n) is 4.33. The van der Waals surface area contributed by atoms with Crippen molar-refractivity contribution < 1.29 is 13.9 Å². The van der Waals surface area contributed by atoms with Gasteiger partial charge < -0.3 is 10.1 Å². The van der Waals surface area contributed by atoms with Gasteiger partial charge in [0.1, 0.15) is 11.6 Å². The number of halogens is 1. The van der Waals surface area contributed by atoms with E-state index in [1.165, 1.54) is 30.9 Å². The number of amides is 1. The van der Waals surface area contributed by atoms with Crippen LogP contribution >= 0.6 is 11.8 Å². The summed E-state index contributed by atoms with van der Waals surface area (Å²) >= 11 is 1.31. The molecule has 0 spiro atoms. The van der Waals surface area contributed by atoms with Gasteiger partial charge in [-0.15, -0.1) is 11.8 Å². The van der Waals surface area contributed by atoms with E-state index in [4.69, 9.17) is 4.74 Å². The lowest BCUT2D eigenvalue weighted by Gasteiger charge is -2.09. The number of carbonyl (C=O) groups is 1. The Morgan fingerprint density at radius 2 is 1.95 bits per heavy atom. The molecular weight excluding hydrogens is 289 g/mol. The Bertz CT molecular complexity index is 629. The fourth-order valence-electron chi connectivity index (χ4n) is 1.85. The highest BCUT2D eigenvalue weighted by molar-refractivity contribution is 7.98. The third-order valence-corrected chi connectivity index (χ3v) is 4.16. The van der Waals surface area contributed by atoms with Crippen molar-refractivity contribution >= 4 is 17.7 Å². The second-order valence-corrected chi connectivity index (χ2v) is 5.32. The third kappa shape index (κ3) is 3.76. The average Bonchev–Trinajstić information content (AvgIpc) is 2.53. The lowest BCUT2D eigenvalue weighted by Crippen LogP contribution is -2.19. The van der Waals surface area contributed by atoms with E-state index in [0.29, 0.717) is 16.2 Å². The van der Waals surface area contributed by atoms with Crippen LogP contribution in [0.5, 0.6) is 5.75 Å². The van der Waals surface area contributed by atoms with E-state index in [0.717, 1.165) is 11.3 Å². The summed E-state index contributed by atoms with van der Waals surface area (Å²) in [6, 6.07) is 12.1. The van der Waals surface area contributed by atoms with Gasteiger partial charge in [-0.3, -0.25) is 4.79 Å². The van der Waals surface area contributed by atoms with Crippen LogP contribution in [0.4, 0.5) is 4.39 Å². The van der Waals surface area contributed by atoms with E-state index in [-0.39, 0.29) is 11.7 Å². The Morgan fingerprint density at radius 1 is 1.24 bits per heavy atom. The van der Waals surface area contributed by atoms with Gasteiger partial charge in [0, 0.05) is 12.8 Å².